The molecule has 0 amide bonds. The number of rotatable bonds is 2. The zero-order chi connectivity index (χ0) is 35.8. The van der Waals surface area contributed by atoms with Crippen molar-refractivity contribution in [3.8, 4) is 44.8 Å². The van der Waals surface area contributed by atoms with Gasteiger partial charge in [0.25, 0.3) is 0 Å². The van der Waals surface area contributed by atoms with Crippen LogP contribution in [0.25, 0.3) is 92.3 Å². The lowest BCUT2D eigenvalue weighted by Gasteiger charge is -2.31. The molecular weight excluding hydrogens is 687 g/mol. The van der Waals surface area contributed by atoms with Crippen LogP contribution in [0.4, 0.5) is 0 Å². The number of para-hydroxylation sites is 1. The van der Waals surface area contributed by atoms with Gasteiger partial charge in [0.05, 0.1) is 10.9 Å². The van der Waals surface area contributed by atoms with Crippen molar-refractivity contribution in [2.45, 2.75) is 5.41 Å². The van der Waals surface area contributed by atoms with Crippen LogP contribution in [0, 0.1) is 0 Å². The summed E-state index contributed by atoms with van der Waals surface area (Å²) in [6.45, 7) is 0. The van der Waals surface area contributed by atoms with Gasteiger partial charge in [0.15, 0.2) is 11.5 Å². The van der Waals surface area contributed by atoms with Crippen molar-refractivity contribution in [2.24, 2.45) is 0 Å². The average molecular weight is 716 g/mol. The highest BCUT2D eigenvalue weighted by Gasteiger charge is 2.51. The van der Waals surface area contributed by atoms with E-state index in [2.05, 4.69) is 180 Å². The van der Waals surface area contributed by atoms with Crippen LogP contribution in [-0.4, -0.2) is 14.6 Å². The van der Waals surface area contributed by atoms with Gasteiger partial charge in [0.2, 0.25) is 0 Å². The van der Waals surface area contributed by atoms with Gasteiger partial charge in [-0.2, -0.15) is 0 Å². The number of hydrogen-bond donors (Lipinski definition) is 0. The molecular formula is C51H29N3S. The fraction of sp³-hybridized carbons (Fsp3) is 0.0196. The number of pyridine rings is 1. The maximum absolute atomic E-state index is 4.96. The van der Waals surface area contributed by atoms with E-state index in [0.29, 0.717) is 0 Å². The zero-order valence-corrected chi connectivity index (χ0v) is 30.3. The molecule has 4 heteroatoms. The van der Waals surface area contributed by atoms with Crippen LogP contribution in [-0.2, 0) is 5.41 Å². The van der Waals surface area contributed by atoms with Crippen LogP contribution in [0.2, 0.25) is 0 Å². The summed E-state index contributed by atoms with van der Waals surface area (Å²) in [5.74, 6) is 0.850. The minimum atomic E-state index is -0.507. The molecule has 0 N–H and O–H groups in total. The number of nitrogens with zero attached hydrogens (tertiary/aromatic N) is 3. The first-order valence-corrected chi connectivity index (χ1v) is 19.6. The highest BCUT2D eigenvalue weighted by molar-refractivity contribution is 7.26. The van der Waals surface area contributed by atoms with E-state index in [9.17, 15) is 0 Å². The lowest BCUT2D eigenvalue weighted by Crippen LogP contribution is -2.26. The first kappa shape index (κ1) is 29.6. The molecule has 0 atom stereocenters. The molecule has 11 aromatic rings. The summed E-state index contributed by atoms with van der Waals surface area (Å²) in [7, 11) is 0. The third-order valence-electron chi connectivity index (χ3n) is 12.3. The molecule has 0 saturated heterocycles. The van der Waals surface area contributed by atoms with Crippen molar-refractivity contribution in [1.82, 2.24) is 14.6 Å². The highest BCUT2D eigenvalue weighted by Crippen LogP contribution is 2.63. The molecule has 3 aromatic heterocycles. The molecule has 0 unspecified atom stereocenters. The second kappa shape index (κ2) is 10.6. The number of benzene rings is 8. The lowest BCUT2D eigenvalue weighted by molar-refractivity contribution is 0.794. The van der Waals surface area contributed by atoms with Gasteiger partial charge in [-0.15, -0.1) is 21.5 Å². The lowest BCUT2D eigenvalue weighted by atomic mass is 9.70. The molecule has 1 spiro atoms. The summed E-state index contributed by atoms with van der Waals surface area (Å²) < 4.78 is 4.91. The Bertz CT molecular complexity index is 3410. The second-order valence-corrected chi connectivity index (χ2v) is 15.9. The number of aromatic nitrogens is 3. The van der Waals surface area contributed by atoms with Gasteiger partial charge in [-0.05, 0) is 85.3 Å². The molecule has 55 heavy (non-hydrogen) atoms. The second-order valence-electron chi connectivity index (χ2n) is 14.9. The quantitative estimate of drug-likeness (QED) is 0.167. The molecule has 2 aliphatic carbocycles. The molecule has 0 bridgehead atoms. The summed E-state index contributed by atoms with van der Waals surface area (Å²) in [6.07, 6.45) is 0. The molecule has 0 radical (unpaired) electrons. The van der Waals surface area contributed by atoms with Gasteiger partial charge in [-0.1, -0.05) is 152 Å². The summed E-state index contributed by atoms with van der Waals surface area (Å²) in [5, 5.41) is 15.9. The summed E-state index contributed by atoms with van der Waals surface area (Å²) in [6, 6.07) is 65.0. The first-order chi connectivity index (χ1) is 27.3. The van der Waals surface area contributed by atoms with Crippen LogP contribution < -0.4 is 0 Å². The Morgan fingerprint density at radius 3 is 1.75 bits per heavy atom. The zero-order valence-electron chi connectivity index (χ0n) is 29.5. The Morgan fingerprint density at radius 1 is 0.400 bits per heavy atom. The van der Waals surface area contributed by atoms with Gasteiger partial charge < -0.3 is 0 Å². The fourth-order valence-corrected chi connectivity index (χ4v) is 11.3. The summed E-state index contributed by atoms with van der Waals surface area (Å²) in [4.78, 5) is 0. The van der Waals surface area contributed by atoms with Crippen molar-refractivity contribution in [3.05, 3.63) is 198 Å². The number of hydrogen-bond acceptors (Lipinski definition) is 3. The maximum Gasteiger partial charge on any atom is 0.169 e. The maximum atomic E-state index is 4.96. The van der Waals surface area contributed by atoms with Gasteiger partial charge in [-0.25, -0.2) is 0 Å². The Morgan fingerprint density at radius 2 is 0.964 bits per heavy atom. The molecule has 0 fully saturated rings. The fourth-order valence-electron chi connectivity index (χ4n) is 10.1. The van der Waals surface area contributed by atoms with Crippen molar-refractivity contribution >= 4 is 58.8 Å². The Balaban J connectivity index is 1.11. The molecule has 0 aliphatic heterocycles. The molecule has 8 aromatic carbocycles. The van der Waals surface area contributed by atoms with E-state index in [1.165, 1.54) is 86.6 Å². The van der Waals surface area contributed by atoms with Crippen LogP contribution >= 0.6 is 11.3 Å². The third-order valence-corrected chi connectivity index (χ3v) is 13.5. The van der Waals surface area contributed by atoms with Gasteiger partial charge >= 0.3 is 0 Å². The van der Waals surface area contributed by atoms with E-state index in [1.54, 1.807) is 0 Å². The van der Waals surface area contributed by atoms with Gasteiger partial charge in [-0.3, -0.25) is 4.40 Å². The van der Waals surface area contributed by atoms with E-state index >= 15 is 0 Å². The van der Waals surface area contributed by atoms with E-state index < -0.39 is 5.41 Å². The van der Waals surface area contributed by atoms with E-state index in [4.69, 9.17) is 10.2 Å². The predicted molar refractivity (Wildman–Crippen MR) is 228 cm³/mol. The predicted octanol–water partition coefficient (Wildman–Crippen LogP) is 13.1. The van der Waals surface area contributed by atoms with Crippen molar-refractivity contribution in [2.75, 3.05) is 0 Å². The van der Waals surface area contributed by atoms with Crippen LogP contribution in [0.5, 0.6) is 0 Å². The van der Waals surface area contributed by atoms with Crippen molar-refractivity contribution in [3.63, 3.8) is 0 Å². The van der Waals surface area contributed by atoms with Gasteiger partial charge in [0.1, 0.15) is 0 Å². The number of thiophene rings is 1. The van der Waals surface area contributed by atoms with Crippen LogP contribution in [0.15, 0.2) is 176 Å². The van der Waals surface area contributed by atoms with Crippen molar-refractivity contribution in [1.29, 1.82) is 0 Å². The summed E-state index contributed by atoms with van der Waals surface area (Å²) in [5.41, 5.74) is 15.5. The first-order valence-electron chi connectivity index (χ1n) is 18.8. The molecule has 3 nitrogen and oxygen atoms in total. The third kappa shape index (κ3) is 3.70. The van der Waals surface area contributed by atoms with Crippen molar-refractivity contribution < 1.29 is 0 Å². The minimum absolute atomic E-state index is 0.507. The largest absolute Gasteiger partial charge is 0.274 e. The summed E-state index contributed by atoms with van der Waals surface area (Å²) >= 11 is 1.89. The van der Waals surface area contributed by atoms with E-state index in [1.807, 2.05) is 11.3 Å². The topological polar surface area (TPSA) is 30.2 Å². The Kier molecular flexibility index (Phi) is 5.71. The average Bonchev–Trinajstić information content (AvgIpc) is 4.01. The smallest absolute Gasteiger partial charge is 0.169 e. The molecule has 0 saturated carbocycles. The number of fused-ring (bicyclic) bond motifs is 19. The SMILES string of the molecule is c1ccc2c(c1)-c1ccccc1C21c2cc(-c3cccc4c3sc3ccccc34)ccc2-c2ccc(-c3nnc4c5ccccc5c5ccccc5n34)cc21. The van der Waals surface area contributed by atoms with E-state index in [0.717, 1.165) is 27.9 Å². The van der Waals surface area contributed by atoms with Crippen LogP contribution in [0.3, 0.4) is 0 Å². The van der Waals surface area contributed by atoms with Gasteiger partial charge in [0, 0.05) is 36.5 Å². The highest BCUT2D eigenvalue weighted by atomic mass is 32.1. The minimum Gasteiger partial charge on any atom is -0.274 e. The van der Waals surface area contributed by atoms with E-state index in [-0.39, 0.29) is 0 Å². The monoisotopic (exact) mass is 715 g/mol. The Hall–Kier alpha value is -6.88. The molecule has 2 aliphatic rings. The molecule has 3 heterocycles. The Labute approximate surface area is 320 Å². The standard InChI is InChI=1S/C51H29N3S/c1-2-17-41-33(12-1)38-15-5-9-22-46(38)54-49(52-53-50(41)54)31-25-27-37-36-26-24-30(32-18-11-19-40-39-16-6-10-23-47(39)55-48(32)40)28-44(36)51(45(37)29-31)42-20-7-3-13-34(42)35-14-4-8-21-43(35)51/h1-29H. The molecule has 254 valence electrons. The van der Waals surface area contributed by atoms with Crippen LogP contribution in [0.1, 0.15) is 22.3 Å². The molecule has 13 rings (SSSR count). The normalized spacial score (nSPS) is 13.6.